The SMILES string of the molecule is Cc1nc2ccccc2c(NCC2(C(N)=O)CCOCC2)c1C. The number of rotatable bonds is 4. The molecule has 0 atom stereocenters. The summed E-state index contributed by atoms with van der Waals surface area (Å²) >= 11 is 0. The lowest BCUT2D eigenvalue weighted by molar-refractivity contribution is -0.132. The molecule has 1 aromatic heterocycles. The molecule has 1 saturated heterocycles. The molecule has 1 aliphatic heterocycles. The summed E-state index contributed by atoms with van der Waals surface area (Å²) in [4.78, 5) is 16.7. The Morgan fingerprint density at radius 2 is 2.00 bits per heavy atom. The summed E-state index contributed by atoms with van der Waals surface area (Å²) in [7, 11) is 0. The number of nitrogens with one attached hydrogen (secondary N) is 1. The second-order valence-electron chi connectivity index (χ2n) is 6.32. The molecule has 122 valence electrons. The van der Waals surface area contributed by atoms with Crippen molar-refractivity contribution in [3.8, 4) is 0 Å². The van der Waals surface area contributed by atoms with Crippen LogP contribution in [0.15, 0.2) is 24.3 Å². The van der Waals surface area contributed by atoms with Crippen LogP contribution in [0.2, 0.25) is 0 Å². The Morgan fingerprint density at radius 1 is 1.30 bits per heavy atom. The number of aryl methyl sites for hydroxylation is 1. The Morgan fingerprint density at radius 3 is 2.70 bits per heavy atom. The topological polar surface area (TPSA) is 77.2 Å². The first-order chi connectivity index (χ1) is 11.0. The van der Waals surface area contributed by atoms with Crippen LogP contribution >= 0.6 is 0 Å². The normalized spacial score (nSPS) is 17.1. The molecular formula is C18H23N3O2. The fourth-order valence-electron chi connectivity index (χ4n) is 3.19. The molecule has 23 heavy (non-hydrogen) atoms. The average molecular weight is 313 g/mol. The third-order valence-electron chi connectivity index (χ3n) is 4.96. The molecule has 0 saturated carbocycles. The summed E-state index contributed by atoms with van der Waals surface area (Å²) in [5, 5.41) is 4.56. The molecule has 1 aliphatic rings. The van der Waals surface area contributed by atoms with Crippen LogP contribution in [-0.4, -0.2) is 30.6 Å². The summed E-state index contributed by atoms with van der Waals surface area (Å²) in [6, 6.07) is 8.04. The summed E-state index contributed by atoms with van der Waals surface area (Å²) < 4.78 is 5.39. The summed E-state index contributed by atoms with van der Waals surface area (Å²) in [6.45, 7) is 5.75. The minimum Gasteiger partial charge on any atom is -0.383 e. The van der Waals surface area contributed by atoms with Gasteiger partial charge in [0.25, 0.3) is 0 Å². The van der Waals surface area contributed by atoms with E-state index in [1.165, 1.54) is 0 Å². The molecule has 1 aromatic carbocycles. The van der Waals surface area contributed by atoms with Gasteiger partial charge >= 0.3 is 0 Å². The summed E-state index contributed by atoms with van der Waals surface area (Å²) in [5.41, 5.74) is 9.26. The van der Waals surface area contributed by atoms with Gasteiger partial charge in [-0.15, -0.1) is 0 Å². The van der Waals surface area contributed by atoms with Crippen LogP contribution in [0.4, 0.5) is 5.69 Å². The van der Waals surface area contributed by atoms with Crippen LogP contribution in [-0.2, 0) is 9.53 Å². The smallest absolute Gasteiger partial charge is 0.225 e. The van der Waals surface area contributed by atoms with E-state index in [9.17, 15) is 4.79 Å². The number of ether oxygens (including phenoxy) is 1. The van der Waals surface area contributed by atoms with Crippen molar-refractivity contribution >= 4 is 22.5 Å². The van der Waals surface area contributed by atoms with Gasteiger partial charge in [-0.3, -0.25) is 9.78 Å². The molecule has 3 N–H and O–H groups in total. The molecule has 0 unspecified atom stereocenters. The van der Waals surface area contributed by atoms with E-state index in [-0.39, 0.29) is 5.91 Å². The molecule has 3 rings (SSSR count). The molecule has 1 fully saturated rings. The fourth-order valence-corrected chi connectivity index (χ4v) is 3.19. The number of hydrogen-bond acceptors (Lipinski definition) is 4. The summed E-state index contributed by atoms with van der Waals surface area (Å²) in [6.07, 6.45) is 1.33. The maximum absolute atomic E-state index is 12.0. The van der Waals surface area contributed by atoms with Gasteiger partial charge in [-0.05, 0) is 38.3 Å². The van der Waals surface area contributed by atoms with Gasteiger partial charge in [-0.1, -0.05) is 18.2 Å². The first-order valence-electron chi connectivity index (χ1n) is 8.01. The number of benzene rings is 1. The van der Waals surface area contributed by atoms with Crippen molar-refractivity contribution in [3.05, 3.63) is 35.5 Å². The van der Waals surface area contributed by atoms with Gasteiger partial charge in [0.2, 0.25) is 5.91 Å². The predicted octanol–water partition coefficient (Wildman–Crippen LogP) is 2.55. The zero-order chi connectivity index (χ0) is 16.4. The van der Waals surface area contributed by atoms with Crippen molar-refractivity contribution in [2.75, 3.05) is 25.1 Å². The number of para-hydroxylation sites is 1. The van der Waals surface area contributed by atoms with Crippen LogP contribution in [0.1, 0.15) is 24.1 Å². The number of primary amides is 1. The standard InChI is InChI=1S/C18H23N3O2/c1-12-13(2)21-15-6-4-3-5-14(15)16(12)20-11-18(17(19)22)7-9-23-10-8-18/h3-6H,7-11H2,1-2H3,(H2,19,22)(H,20,21). The number of hydrogen-bond donors (Lipinski definition) is 2. The Bertz CT molecular complexity index is 736. The monoisotopic (exact) mass is 313 g/mol. The molecule has 5 nitrogen and oxygen atoms in total. The van der Waals surface area contributed by atoms with Gasteiger partial charge in [-0.2, -0.15) is 0 Å². The highest BCUT2D eigenvalue weighted by atomic mass is 16.5. The number of aromatic nitrogens is 1. The number of pyridine rings is 1. The Balaban J connectivity index is 1.95. The zero-order valence-electron chi connectivity index (χ0n) is 13.7. The van der Waals surface area contributed by atoms with E-state index in [4.69, 9.17) is 10.5 Å². The van der Waals surface area contributed by atoms with Gasteiger partial charge in [0, 0.05) is 36.5 Å². The fraction of sp³-hybridized carbons (Fsp3) is 0.444. The van der Waals surface area contributed by atoms with E-state index in [0.29, 0.717) is 32.6 Å². The van der Waals surface area contributed by atoms with E-state index < -0.39 is 5.41 Å². The van der Waals surface area contributed by atoms with Crippen LogP contribution < -0.4 is 11.1 Å². The second-order valence-corrected chi connectivity index (χ2v) is 6.32. The number of nitrogens with zero attached hydrogens (tertiary/aromatic N) is 1. The zero-order valence-corrected chi connectivity index (χ0v) is 13.7. The van der Waals surface area contributed by atoms with E-state index in [1.807, 2.05) is 25.1 Å². The number of anilines is 1. The number of nitrogens with two attached hydrogens (primary N) is 1. The Hall–Kier alpha value is -2.14. The predicted molar refractivity (Wildman–Crippen MR) is 91.4 cm³/mol. The van der Waals surface area contributed by atoms with Gasteiger partial charge in [0.15, 0.2) is 0 Å². The van der Waals surface area contributed by atoms with E-state index >= 15 is 0 Å². The molecule has 0 bridgehead atoms. The molecule has 2 aromatic rings. The van der Waals surface area contributed by atoms with Crippen LogP contribution in [0, 0.1) is 19.3 Å². The van der Waals surface area contributed by atoms with E-state index in [1.54, 1.807) is 0 Å². The highest BCUT2D eigenvalue weighted by Gasteiger charge is 2.38. The number of fused-ring (bicyclic) bond motifs is 1. The molecule has 1 amide bonds. The highest BCUT2D eigenvalue weighted by molar-refractivity contribution is 5.93. The van der Waals surface area contributed by atoms with Crippen molar-refractivity contribution < 1.29 is 9.53 Å². The van der Waals surface area contributed by atoms with Crippen molar-refractivity contribution in [1.29, 1.82) is 0 Å². The van der Waals surface area contributed by atoms with Gasteiger partial charge in [0.05, 0.1) is 10.9 Å². The lowest BCUT2D eigenvalue weighted by Crippen LogP contribution is -2.46. The summed E-state index contributed by atoms with van der Waals surface area (Å²) in [5.74, 6) is -0.249. The second kappa shape index (κ2) is 6.16. The number of carbonyl (C=O) groups is 1. The van der Waals surface area contributed by atoms with Crippen LogP contribution in [0.3, 0.4) is 0 Å². The van der Waals surface area contributed by atoms with Gasteiger partial charge < -0.3 is 15.8 Å². The van der Waals surface area contributed by atoms with Crippen molar-refractivity contribution in [2.45, 2.75) is 26.7 Å². The van der Waals surface area contributed by atoms with Crippen molar-refractivity contribution in [3.63, 3.8) is 0 Å². The van der Waals surface area contributed by atoms with Crippen molar-refractivity contribution in [2.24, 2.45) is 11.1 Å². The minimum atomic E-state index is -0.539. The minimum absolute atomic E-state index is 0.249. The van der Waals surface area contributed by atoms with Gasteiger partial charge in [0.1, 0.15) is 0 Å². The lowest BCUT2D eigenvalue weighted by atomic mass is 9.79. The maximum atomic E-state index is 12.0. The average Bonchev–Trinajstić information content (AvgIpc) is 2.56. The largest absolute Gasteiger partial charge is 0.383 e. The molecule has 5 heteroatoms. The first-order valence-corrected chi connectivity index (χ1v) is 8.01. The Labute approximate surface area is 136 Å². The highest BCUT2D eigenvalue weighted by Crippen LogP contribution is 2.33. The molecule has 0 radical (unpaired) electrons. The third kappa shape index (κ3) is 2.88. The number of carbonyl (C=O) groups excluding carboxylic acids is 1. The van der Waals surface area contributed by atoms with E-state index in [0.717, 1.165) is 27.8 Å². The molecule has 0 aliphatic carbocycles. The van der Waals surface area contributed by atoms with Crippen LogP contribution in [0.5, 0.6) is 0 Å². The first kappa shape index (κ1) is 15.7. The number of amides is 1. The van der Waals surface area contributed by atoms with Crippen molar-refractivity contribution in [1.82, 2.24) is 4.98 Å². The van der Waals surface area contributed by atoms with Crippen LogP contribution in [0.25, 0.3) is 10.9 Å². The molecule has 2 heterocycles. The maximum Gasteiger partial charge on any atom is 0.225 e. The molecular weight excluding hydrogens is 290 g/mol. The molecule has 0 spiro atoms. The quantitative estimate of drug-likeness (QED) is 0.909. The Kier molecular flexibility index (Phi) is 4.22. The third-order valence-corrected chi connectivity index (χ3v) is 4.96. The van der Waals surface area contributed by atoms with E-state index in [2.05, 4.69) is 23.3 Å². The van der Waals surface area contributed by atoms with Gasteiger partial charge in [-0.25, -0.2) is 0 Å². The lowest BCUT2D eigenvalue weighted by Gasteiger charge is -2.35.